The summed E-state index contributed by atoms with van der Waals surface area (Å²) in [4.78, 5) is 39.6. The quantitative estimate of drug-likeness (QED) is 0.0634. The molecule has 0 saturated carbocycles. The molecule has 4 aromatic carbocycles. The number of phenols is 1. The number of aromatic nitrogens is 1. The largest absolute Gasteiger partial charge is 0.506 e. The van der Waals surface area contributed by atoms with E-state index in [-0.39, 0.29) is 23.8 Å². The van der Waals surface area contributed by atoms with Gasteiger partial charge in [0.1, 0.15) is 11.4 Å². The van der Waals surface area contributed by atoms with Crippen LogP contribution in [-0.4, -0.2) is 59.0 Å². The number of H-pyrrole nitrogens is 1. The van der Waals surface area contributed by atoms with E-state index in [1.54, 1.807) is 24.3 Å². The first-order valence-electron chi connectivity index (χ1n) is 17.1. The molecule has 1 atom stereocenters. The molecule has 5 rings (SSSR count). The number of para-hydroxylation sites is 1. The second kappa shape index (κ2) is 17.4. The van der Waals surface area contributed by atoms with Crippen LogP contribution in [0.4, 0.5) is 10.5 Å². The molecule has 266 valence electrons. The van der Waals surface area contributed by atoms with Crippen molar-refractivity contribution in [2.24, 2.45) is 0 Å². The van der Waals surface area contributed by atoms with Crippen molar-refractivity contribution in [3.8, 4) is 16.9 Å². The fraction of sp³-hybridized carbons (Fsp3) is 0.275. The predicted molar refractivity (Wildman–Crippen MR) is 200 cm³/mol. The van der Waals surface area contributed by atoms with Crippen molar-refractivity contribution in [2.75, 3.05) is 31.5 Å². The third-order valence-corrected chi connectivity index (χ3v) is 8.49. The van der Waals surface area contributed by atoms with Gasteiger partial charge in [-0.15, -0.1) is 0 Å². The van der Waals surface area contributed by atoms with Gasteiger partial charge in [-0.3, -0.25) is 14.9 Å². The van der Waals surface area contributed by atoms with E-state index in [0.29, 0.717) is 60.3 Å². The number of rotatable bonds is 16. The minimum Gasteiger partial charge on any atom is -0.506 e. The zero-order chi connectivity index (χ0) is 36.2. The van der Waals surface area contributed by atoms with Crippen LogP contribution >= 0.6 is 0 Å². The van der Waals surface area contributed by atoms with Crippen molar-refractivity contribution >= 4 is 28.6 Å². The smallest absolute Gasteiger partial charge is 0.412 e. The Morgan fingerprint density at radius 3 is 2.37 bits per heavy atom. The summed E-state index contributed by atoms with van der Waals surface area (Å²) in [5, 5.41) is 33.8. The lowest BCUT2D eigenvalue weighted by Crippen LogP contribution is -2.35. The molecule has 1 aromatic heterocycles. The lowest BCUT2D eigenvalue weighted by Gasteiger charge is -2.25. The number of carbonyl (C=O) groups excluding carboxylic acids is 2. The van der Waals surface area contributed by atoms with E-state index in [1.807, 2.05) is 80.6 Å². The van der Waals surface area contributed by atoms with Gasteiger partial charge < -0.3 is 35.9 Å². The maximum absolute atomic E-state index is 12.7. The monoisotopic (exact) mass is 691 g/mol. The number of amides is 2. The molecule has 0 bridgehead atoms. The third kappa shape index (κ3) is 10.5. The van der Waals surface area contributed by atoms with Gasteiger partial charge >= 0.3 is 6.09 Å². The second-order valence-corrected chi connectivity index (χ2v) is 12.9. The number of aromatic amines is 1. The summed E-state index contributed by atoms with van der Waals surface area (Å²) in [6.45, 7) is 6.34. The van der Waals surface area contributed by atoms with Crippen LogP contribution in [0.1, 0.15) is 54.3 Å². The molecule has 7 N–H and O–H groups in total. The highest BCUT2D eigenvalue weighted by molar-refractivity contribution is 5.94. The fourth-order valence-electron chi connectivity index (χ4n) is 5.72. The summed E-state index contributed by atoms with van der Waals surface area (Å²) in [6.07, 6.45) is -0.0168. The molecule has 0 radical (unpaired) electrons. The second-order valence-electron chi connectivity index (χ2n) is 12.9. The zero-order valence-electron chi connectivity index (χ0n) is 28.9. The Hall–Kier alpha value is -5.49. The minimum atomic E-state index is -0.862. The molecule has 0 fully saturated rings. The highest BCUT2D eigenvalue weighted by atomic mass is 16.6. The molecule has 11 nitrogen and oxygen atoms in total. The summed E-state index contributed by atoms with van der Waals surface area (Å²) in [7, 11) is 0. The van der Waals surface area contributed by atoms with E-state index in [2.05, 4.69) is 26.3 Å². The van der Waals surface area contributed by atoms with Crippen molar-refractivity contribution < 1.29 is 24.5 Å². The van der Waals surface area contributed by atoms with Gasteiger partial charge in [0, 0.05) is 42.2 Å². The van der Waals surface area contributed by atoms with Gasteiger partial charge in [0.05, 0.1) is 17.3 Å². The molecule has 1 heterocycles. The molecule has 11 heteroatoms. The average Bonchev–Trinajstić information content (AvgIpc) is 3.12. The molecule has 0 aliphatic carbocycles. The Morgan fingerprint density at radius 1 is 0.843 bits per heavy atom. The topological polar surface area (TPSA) is 165 Å². The molecule has 51 heavy (non-hydrogen) atoms. The molecule has 0 aliphatic heterocycles. The van der Waals surface area contributed by atoms with Crippen LogP contribution in [0.2, 0.25) is 0 Å². The number of hydrogen-bond acceptors (Lipinski definition) is 8. The van der Waals surface area contributed by atoms with Gasteiger partial charge in [0.25, 0.3) is 5.91 Å². The maximum atomic E-state index is 12.7. The standard InChI is InChI=1S/C40H45N5O6/c1-40(2,51-39(50)44-33-12-7-6-11-30(33)28-9-4-3-5-10-28)21-24-41-22-8-23-43-38(49)29-15-13-27(14-16-29)25-42-26-35(47)31-17-19-34(46)37-32(31)18-20-36(48)45-37/h3-7,9-20,35,41-42,46-47H,8,21-26H2,1-2H3,(H,43,49)(H,44,50)(H,45,48). The highest BCUT2D eigenvalue weighted by Gasteiger charge is 2.23. The van der Waals surface area contributed by atoms with Gasteiger partial charge in [-0.25, -0.2) is 4.79 Å². The van der Waals surface area contributed by atoms with Gasteiger partial charge in [-0.1, -0.05) is 66.7 Å². The van der Waals surface area contributed by atoms with E-state index < -0.39 is 17.8 Å². The predicted octanol–water partition coefficient (Wildman–Crippen LogP) is 5.85. The minimum absolute atomic E-state index is 0.0561. The van der Waals surface area contributed by atoms with Crippen LogP contribution in [0, 0.1) is 0 Å². The Bertz CT molecular complexity index is 1980. The van der Waals surface area contributed by atoms with Crippen molar-refractivity contribution in [3.05, 3.63) is 130 Å². The Kier molecular flexibility index (Phi) is 12.6. The summed E-state index contributed by atoms with van der Waals surface area (Å²) in [5.41, 5.74) is 3.99. The van der Waals surface area contributed by atoms with E-state index in [4.69, 9.17) is 4.74 Å². The number of fused-ring (bicyclic) bond motifs is 1. The molecule has 1 unspecified atom stereocenters. The van der Waals surface area contributed by atoms with Gasteiger partial charge in [0.15, 0.2) is 0 Å². The molecule has 5 aromatic rings. The lowest BCUT2D eigenvalue weighted by atomic mass is 10.0. The van der Waals surface area contributed by atoms with Crippen LogP contribution in [0.3, 0.4) is 0 Å². The molecular weight excluding hydrogens is 646 g/mol. The van der Waals surface area contributed by atoms with Crippen LogP contribution in [0.15, 0.2) is 108 Å². The van der Waals surface area contributed by atoms with Gasteiger partial charge in [0.2, 0.25) is 5.56 Å². The number of aromatic hydroxyl groups is 1. The Labute approximate surface area is 297 Å². The third-order valence-electron chi connectivity index (χ3n) is 8.49. The SMILES string of the molecule is CC(C)(CCNCCCNC(=O)c1ccc(CNCC(O)c2ccc(O)c3[nH]c(=O)ccc23)cc1)OC(=O)Nc1ccccc1-c1ccccc1. The first-order valence-corrected chi connectivity index (χ1v) is 17.1. The lowest BCUT2D eigenvalue weighted by molar-refractivity contribution is 0.0427. The zero-order valence-corrected chi connectivity index (χ0v) is 28.9. The van der Waals surface area contributed by atoms with E-state index in [9.17, 15) is 24.6 Å². The first kappa shape index (κ1) is 36.8. The number of aliphatic hydroxyl groups is 1. The van der Waals surface area contributed by atoms with Gasteiger partial charge in [-0.2, -0.15) is 0 Å². The Balaban J connectivity index is 0.961. The van der Waals surface area contributed by atoms with Crippen molar-refractivity contribution in [1.82, 2.24) is 20.9 Å². The number of ether oxygens (including phenoxy) is 1. The number of benzene rings is 4. The molecule has 0 spiro atoms. The van der Waals surface area contributed by atoms with Crippen molar-refractivity contribution in [1.29, 1.82) is 0 Å². The maximum Gasteiger partial charge on any atom is 0.412 e. The summed E-state index contributed by atoms with van der Waals surface area (Å²) >= 11 is 0. The van der Waals surface area contributed by atoms with Crippen LogP contribution in [-0.2, 0) is 11.3 Å². The average molecular weight is 692 g/mol. The summed E-state index contributed by atoms with van der Waals surface area (Å²) in [5.74, 6) is -0.212. The van der Waals surface area contributed by atoms with E-state index in [1.165, 1.54) is 12.1 Å². The number of pyridine rings is 1. The van der Waals surface area contributed by atoms with Crippen LogP contribution < -0.4 is 26.8 Å². The van der Waals surface area contributed by atoms with E-state index in [0.717, 1.165) is 23.1 Å². The van der Waals surface area contributed by atoms with Crippen molar-refractivity contribution in [2.45, 2.75) is 44.9 Å². The number of nitrogens with one attached hydrogen (secondary N) is 5. The Morgan fingerprint density at radius 2 is 1.59 bits per heavy atom. The molecule has 0 aliphatic rings. The first-order chi connectivity index (χ1) is 24.6. The number of phenolic OH excluding ortho intramolecular Hbond substituents is 1. The van der Waals surface area contributed by atoms with Crippen LogP contribution in [0.5, 0.6) is 5.75 Å². The summed E-state index contributed by atoms with van der Waals surface area (Å²) in [6, 6.07) is 30.8. The van der Waals surface area contributed by atoms with Gasteiger partial charge in [-0.05, 0) is 86.8 Å². The van der Waals surface area contributed by atoms with E-state index >= 15 is 0 Å². The fourth-order valence-corrected chi connectivity index (χ4v) is 5.72. The summed E-state index contributed by atoms with van der Waals surface area (Å²) < 4.78 is 5.74. The number of carbonyl (C=O) groups is 2. The molecule has 0 saturated heterocycles. The number of hydrogen-bond donors (Lipinski definition) is 7. The normalized spacial score (nSPS) is 12.0. The highest BCUT2D eigenvalue weighted by Crippen LogP contribution is 2.29. The number of aliphatic hydroxyl groups excluding tert-OH is 1. The molecule has 2 amide bonds. The number of anilines is 1. The molecular formula is C40H45N5O6. The van der Waals surface area contributed by atoms with Crippen molar-refractivity contribution in [3.63, 3.8) is 0 Å². The van der Waals surface area contributed by atoms with Crippen LogP contribution in [0.25, 0.3) is 22.0 Å².